The van der Waals surface area contributed by atoms with E-state index in [1.807, 2.05) is 0 Å². The average molecular weight is 296 g/mol. The minimum Gasteiger partial charge on any atom is -0.481 e. The fraction of sp³-hybridized carbons (Fsp3) is 0.500. The zero-order chi connectivity index (χ0) is 16.0. The molecule has 0 bridgehead atoms. The molecule has 21 heavy (non-hydrogen) atoms. The molecule has 7 heteroatoms. The smallest absolute Gasteiger partial charge is 0.408 e. The summed E-state index contributed by atoms with van der Waals surface area (Å²) in [5.41, 5.74) is -0.0974. The van der Waals surface area contributed by atoms with Crippen LogP contribution in [0.15, 0.2) is 18.3 Å². The number of carboxylic acid groups (broad SMARTS) is 1. The Morgan fingerprint density at radius 1 is 1.38 bits per heavy atom. The molecule has 0 spiro atoms. The van der Waals surface area contributed by atoms with Crippen molar-refractivity contribution in [1.82, 2.24) is 10.3 Å². The number of nitrogens with zero attached hydrogens (tertiary/aromatic N) is 1. The summed E-state index contributed by atoms with van der Waals surface area (Å²) in [7, 11) is 1.48. The van der Waals surface area contributed by atoms with Crippen molar-refractivity contribution >= 4 is 12.1 Å². The van der Waals surface area contributed by atoms with E-state index in [2.05, 4.69) is 10.3 Å². The Labute approximate surface area is 123 Å². The number of carbonyl (C=O) groups is 2. The van der Waals surface area contributed by atoms with Crippen LogP contribution in [0.5, 0.6) is 5.88 Å². The van der Waals surface area contributed by atoms with Crippen LogP contribution in [0, 0.1) is 0 Å². The van der Waals surface area contributed by atoms with Gasteiger partial charge in [0.1, 0.15) is 5.60 Å². The number of aliphatic carboxylic acids is 1. The lowest BCUT2D eigenvalue weighted by Gasteiger charge is -2.23. The van der Waals surface area contributed by atoms with Gasteiger partial charge in [-0.15, -0.1) is 0 Å². The standard InChI is InChI=1S/C14H20N2O5/c1-14(2,3)21-13(19)16-10(7-12(17)18)9-5-6-11(20-4)15-8-9/h5-6,8,10H,7H2,1-4H3,(H,16,19)(H,17,18). The highest BCUT2D eigenvalue weighted by molar-refractivity contribution is 5.72. The number of methoxy groups -OCH3 is 1. The topological polar surface area (TPSA) is 97.8 Å². The molecule has 1 atom stereocenters. The summed E-state index contributed by atoms with van der Waals surface area (Å²) in [5, 5.41) is 11.5. The maximum atomic E-state index is 11.8. The van der Waals surface area contributed by atoms with Gasteiger partial charge in [-0.05, 0) is 26.3 Å². The number of carboxylic acids is 1. The quantitative estimate of drug-likeness (QED) is 0.863. The lowest BCUT2D eigenvalue weighted by molar-refractivity contribution is -0.137. The van der Waals surface area contributed by atoms with Crippen molar-refractivity contribution in [2.45, 2.75) is 38.8 Å². The largest absolute Gasteiger partial charge is 0.481 e. The van der Waals surface area contributed by atoms with Gasteiger partial charge in [0.2, 0.25) is 5.88 Å². The van der Waals surface area contributed by atoms with Crippen molar-refractivity contribution in [3.05, 3.63) is 23.9 Å². The van der Waals surface area contributed by atoms with E-state index < -0.39 is 23.7 Å². The maximum Gasteiger partial charge on any atom is 0.408 e. The molecule has 0 aromatic carbocycles. The first-order valence-electron chi connectivity index (χ1n) is 6.42. The van der Waals surface area contributed by atoms with Crippen molar-refractivity contribution in [3.63, 3.8) is 0 Å². The number of ether oxygens (including phenoxy) is 2. The van der Waals surface area contributed by atoms with E-state index in [1.165, 1.54) is 13.3 Å². The van der Waals surface area contributed by atoms with Crippen molar-refractivity contribution in [3.8, 4) is 5.88 Å². The third-order valence-electron chi connectivity index (χ3n) is 2.44. The number of carbonyl (C=O) groups excluding carboxylic acids is 1. The van der Waals surface area contributed by atoms with Crippen molar-refractivity contribution in [2.24, 2.45) is 0 Å². The Balaban J connectivity index is 2.84. The van der Waals surface area contributed by atoms with Gasteiger partial charge in [-0.25, -0.2) is 9.78 Å². The van der Waals surface area contributed by atoms with Crippen LogP contribution < -0.4 is 10.1 Å². The van der Waals surface area contributed by atoms with Crippen LogP contribution in [0.25, 0.3) is 0 Å². The molecule has 0 aliphatic heterocycles. The van der Waals surface area contributed by atoms with Gasteiger partial charge >= 0.3 is 12.1 Å². The highest BCUT2D eigenvalue weighted by Crippen LogP contribution is 2.19. The fourth-order valence-corrected chi connectivity index (χ4v) is 1.60. The van der Waals surface area contributed by atoms with E-state index in [0.29, 0.717) is 11.4 Å². The highest BCUT2D eigenvalue weighted by Gasteiger charge is 2.22. The first kappa shape index (κ1) is 16.7. The highest BCUT2D eigenvalue weighted by atomic mass is 16.6. The lowest BCUT2D eigenvalue weighted by Crippen LogP contribution is -2.35. The molecule has 1 heterocycles. The molecule has 0 fully saturated rings. The second-order valence-corrected chi connectivity index (χ2v) is 5.43. The van der Waals surface area contributed by atoms with Gasteiger partial charge in [0.25, 0.3) is 0 Å². The van der Waals surface area contributed by atoms with Gasteiger partial charge in [0.15, 0.2) is 0 Å². The summed E-state index contributed by atoms with van der Waals surface area (Å²) < 4.78 is 10.1. The molecule has 1 amide bonds. The summed E-state index contributed by atoms with van der Waals surface area (Å²) in [6, 6.07) is 2.52. The zero-order valence-electron chi connectivity index (χ0n) is 12.5. The van der Waals surface area contributed by atoms with Gasteiger partial charge < -0.3 is 19.9 Å². The molecule has 0 saturated heterocycles. The van der Waals surface area contributed by atoms with Gasteiger partial charge in [0.05, 0.1) is 19.6 Å². The van der Waals surface area contributed by atoms with Crippen LogP contribution in [0.1, 0.15) is 38.8 Å². The number of hydrogen-bond donors (Lipinski definition) is 2. The predicted octanol–water partition coefficient (Wildman–Crippen LogP) is 2.13. The molecular weight excluding hydrogens is 276 g/mol. The summed E-state index contributed by atoms with van der Waals surface area (Å²) in [4.78, 5) is 26.7. The summed E-state index contributed by atoms with van der Waals surface area (Å²) in [6.07, 6.45) is 0.515. The minimum absolute atomic E-state index is 0.271. The second kappa shape index (κ2) is 6.92. The number of rotatable bonds is 5. The first-order valence-corrected chi connectivity index (χ1v) is 6.42. The molecule has 0 aliphatic rings. The molecule has 116 valence electrons. The maximum absolute atomic E-state index is 11.8. The van der Waals surface area contributed by atoms with E-state index in [0.717, 1.165) is 0 Å². The summed E-state index contributed by atoms with van der Waals surface area (Å²) >= 11 is 0. The molecule has 1 aromatic heterocycles. The number of amides is 1. The van der Waals surface area contributed by atoms with E-state index >= 15 is 0 Å². The molecule has 1 unspecified atom stereocenters. The Hall–Kier alpha value is -2.31. The molecule has 0 radical (unpaired) electrons. The van der Waals surface area contributed by atoms with Crippen LogP contribution in [0.4, 0.5) is 4.79 Å². The minimum atomic E-state index is -1.04. The average Bonchev–Trinajstić information content (AvgIpc) is 2.35. The lowest BCUT2D eigenvalue weighted by atomic mass is 10.1. The number of alkyl carbamates (subject to hydrolysis) is 1. The van der Waals surface area contributed by atoms with E-state index in [4.69, 9.17) is 14.6 Å². The van der Waals surface area contributed by atoms with Crippen molar-refractivity contribution in [1.29, 1.82) is 0 Å². The van der Waals surface area contributed by atoms with Crippen molar-refractivity contribution in [2.75, 3.05) is 7.11 Å². The zero-order valence-corrected chi connectivity index (χ0v) is 12.5. The third kappa shape index (κ3) is 6.11. The Kier molecular flexibility index (Phi) is 5.52. The monoisotopic (exact) mass is 296 g/mol. The summed E-state index contributed by atoms with van der Waals surface area (Å²) in [6.45, 7) is 5.19. The Bertz CT molecular complexity index is 493. The molecule has 1 rings (SSSR count). The number of hydrogen-bond acceptors (Lipinski definition) is 5. The number of nitrogens with one attached hydrogen (secondary N) is 1. The van der Waals surface area contributed by atoms with E-state index in [1.54, 1.807) is 32.9 Å². The fourth-order valence-electron chi connectivity index (χ4n) is 1.60. The first-order chi connectivity index (χ1) is 9.71. The number of pyridine rings is 1. The molecular formula is C14H20N2O5. The van der Waals surface area contributed by atoms with Gasteiger partial charge in [-0.3, -0.25) is 4.79 Å². The second-order valence-electron chi connectivity index (χ2n) is 5.43. The van der Waals surface area contributed by atoms with Gasteiger partial charge in [-0.1, -0.05) is 6.07 Å². The van der Waals surface area contributed by atoms with E-state index in [9.17, 15) is 9.59 Å². The van der Waals surface area contributed by atoms with Crippen LogP contribution in [0.3, 0.4) is 0 Å². The molecule has 0 aliphatic carbocycles. The van der Waals surface area contributed by atoms with Crippen LogP contribution in [-0.4, -0.2) is 34.9 Å². The van der Waals surface area contributed by atoms with Crippen LogP contribution in [0.2, 0.25) is 0 Å². The van der Waals surface area contributed by atoms with Gasteiger partial charge in [-0.2, -0.15) is 0 Å². The molecule has 1 aromatic rings. The molecule has 2 N–H and O–H groups in total. The van der Waals surface area contributed by atoms with Crippen LogP contribution in [-0.2, 0) is 9.53 Å². The van der Waals surface area contributed by atoms with Crippen LogP contribution >= 0.6 is 0 Å². The SMILES string of the molecule is COc1ccc(C(CC(=O)O)NC(=O)OC(C)(C)C)cn1. The third-order valence-corrected chi connectivity index (χ3v) is 2.44. The number of aromatic nitrogens is 1. The predicted molar refractivity (Wildman–Crippen MR) is 75.2 cm³/mol. The summed E-state index contributed by atoms with van der Waals surface area (Å²) in [5.74, 6) is -0.628. The molecule has 0 saturated carbocycles. The van der Waals surface area contributed by atoms with E-state index in [-0.39, 0.29) is 6.42 Å². The Morgan fingerprint density at radius 3 is 2.48 bits per heavy atom. The Morgan fingerprint density at radius 2 is 2.05 bits per heavy atom. The van der Waals surface area contributed by atoms with Crippen molar-refractivity contribution < 1.29 is 24.2 Å². The van der Waals surface area contributed by atoms with Gasteiger partial charge in [0, 0.05) is 12.3 Å². The molecule has 7 nitrogen and oxygen atoms in total. The normalized spacial score (nSPS) is 12.4.